The molecule has 33 heavy (non-hydrogen) atoms. The molecule has 3 aromatic rings. The molecule has 0 atom stereocenters. The molecule has 0 aliphatic rings. The van der Waals surface area contributed by atoms with Gasteiger partial charge in [0.1, 0.15) is 5.82 Å². The number of hydrogen-bond donors (Lipinski definition) is 1. The van der Waals surface area contributed by atoms with Crippen molar-refractivity contribution >= 4 is 46.0 Å². The van der Waals surface area contributed by atoms with Gasteiger partial charge in [0.05, 0.1) is 36.2 Å². The Morgan fingerprint density at radius 1 is 1.24 bits per heavy atom. The zero-order valence-electron chi connectivity index (χ0n) is 18.9. The molecule has 0 unspecified atom stereocenters. The molecule has 0 spiro atoms. The number of benzene rings is 1. The van der Waals surface area contributed by atoms with E-state index in [4.69, 9.17) is 16.3 Å². The smallest absolute Gasteiger partial charge is 0.339 e. The van der Waals surface area contributed by atoms with Crippen molar-refractivity contribution in [3.63, 3.8) is 0 Å². The van der Waals surface area contributed by atoms with E-state index >= 15 is 0 Å². The van der Waals surface area contributed by atoms with Crippen LogP contribution in [-0.4, -0.2) is 33.2 Å². The average Bonchev–Trinajstić information content (AvgIpc) is 3.44. The van der Waals surface area contributed by atoms with E-state index in [0.717, 1.165) is 46.8 Å². The normalized spacial score (nSPS) is 11.9. The first-order valence-electron chi connectivity index (χ1n) is 10.9. The zero-order valence-corrected chi connectivity index (χ0v) is 20.5. The van der Waals surface area contributed by atoms with Gasteiger partial charge in [-0.05, 0) is 55.0 Å². The summed E-state index contributed by atoms with van der Waals surface area (Å²) in [6.45, 7) is 6.50. The van der Waals surface area contributed by atoms with Crippen molar-refractivity contribution in [1.82, 2.24) is 9.55 Å². The molecular weight excluding hydrogens is 460 g/mol. The lowest BCUT2D eigenvalue weighted by Crippen LogP contribution is -2.12. The van der Waals surface area contributed by atoms with Gasteiger partial charge in [-0.3, -0.25) is 0 Å². The van der Waals surface area contributed by atoms with E-state index in [9.17, 15) is 14.7 Å². The number of rotatable bonds is 10. The maximum Gasteiger partial charge on any atom is 0.339 e. The molecule has 8 heteroatoms. The van der Waals surface area contributed by atoms with E-state index in [1.807, 2.05) is 24.4 Å². The fourth-order valence-electron chi connectivity index (χ4n) is 3.59. The minimum absolute atomic E-state index is 0.138. The van der Waals surface area contributed by atoms with Crippen LogP contribution in [0.15, 0.2) is 41.9 Å². The minimum Gasteiger partial charge on any atom is -0.478 e. The molecule has 0 aliphatic heterocycles. The van der Waals surface area contributed by atoms with Crippen LogP contribution in [0.25, 0.3) is 11.1 Å². The fraction of sp³-hybridized carbons (Fsp3) is 0.320. The second-order valence-electron chi connectivity index (χ2n) is 7.56. The number of carbonyl (C=O) groups is 2. The first-order valence-corrected chi connectivity index (χ1v) is 12.1. The van der Waals surface area contributed by atoms with Crippen molar-refractivity contribution in [2.75, 3.05) is 6.61 Å². The van der Waals surface area contributed by atoms with Crippen LogP contribution >= 0.6 is 22.9 Å². The van der Waals surface area contributed by atoms with Gasteiger partial charge in [0.25, 0.3) is 0 Å². The predicted molar refractivity (Wildman–Crippen MR) is 132 cm³/mol. The van der Waals surface area contributed by atoms with E-state index < -0.39 is 5.97 Å². The number of unbranched alkanes of at least 4 members (excludes halogenated alkanes) is 1. The first-order chi connectivity index (χ1) is 15.9. The largest absolute Gasteiger partial charge is 0.478 e. The molecule has 174 valence electrons. The van der Waals surface area contributed by atoms with Crippen LogP contribution in [0.4, 0.5) is 0 Å². The maximum absolute atomic E-state index is 12.9. The number of nitrogens with zero attached hydrogens (tertiary/aromatic N) is 2. The Kier molecular flexibility index (Phi) is 8.47. The van der Waals surface area contributed by atoms with Crippen LogP contribution in [0, 0.1) is 0 Å². The molecule has 6 nitrogen and oxygen atoms in total. The van der Waals surface area contributed by atoms with Gasteiger partial charge in [-0.1, -0.05) is 37.1 Å². The monoisotopic (exact) mass is 486 g/mol. The van der Waals surface area contributed by atoms with E-state index in [2.05, 4.69) is 16.5 Å². The summed E-state index contributed by atoms with van der Waals surface area (Å²) in [5.41, 5.74) is 3.00. The zero-order chi connectivity index (χ0) is 24.0. The lowest BCUT2D eigenvalue weighted by Gasteiger charge is -2.16. The van der Waals surface area contributed by atoms with Crippen LogP contribution in [0.5, 0.6) is 0 Å². The van der Waals surface area contributed by atoms with Crippen LogP contribution in [0.3, 0.4) is 0 Å². The summed E-state index contributed by atoms with van der Waals surface area (Å²) >= 11 is 7.91. The lowest BCUT2D eigenvalue weighted by atomic mass is 10.0. The predicted octanol–water partition coefficient (Wildman–Crippen LogP) is 6.18. The standard InChI is InChI=1S/C25H27ClN2O4S/c1-4-6-9-22-27-14-20(16(3)23(25(31)32-5-2)21-8-7-12-33-21)28(22)15-18-11-10-17(24(29)30)13-19(18)26/h7-8,10-14H,4-6,9,15H2,1-3H3,(H,29,30)/b23-16-. The number of halogens is 1. The molecule has 0 saturated heterocycles. The second-order valence-corrected chi connectivity index (χ2v) is 8.91. The Morgan fingerprint density at radius 2 is 2.03 bits per heavy atom. The molecule has 0 aliphatic carbocycles. The number of esters is 1. The molecule has 0 amide bonds. The van der Waals surface area contributed by atoms with Crippen LogP contribution < -0.4 is 0 Å². The number of imidazole rings is 1. The topological polar surface area (TPSA) is 81.4 Å². The number of aromatic nitrogens is 2. The van der Waals surface area contributed by atoms with Crippen molar-refractivity contribution in [2.45, 2.75) is 46.6 Å². The minimum atomic E-state index is -1.02. The molecule has 2 heterocycles. The maximum atomic E-state index is 12.9. The summed E-state index contributed by atoms with van der Waals surface area (Å²) in [4.78, 5) is 29.6. The molecule has 1 N–H and O–H groups in total. The number of ether oxygens (including phenoxy) is 1. The fourth-order valence-corrected chi connectivity index (χ4v) is 4.65. The van der Waals surface area contributed by atoms with Crippen molar-refractivity contribution in [1.29, 1.82) is 0 Å². The number of allylic oxidation sites excluding steroid dienone is 1. The molecule has 0 bridgehead atoms. The SMILES string of the molecule is CCCCc1ncc(/C(C)=C(\C(=O)OCC)c2cccs2)n1Cc1ccc(C(=O)O)cc1Cl. The highest BCUT2D eigenvalue weighted by molar-refractivity contribution is 7.11. The van der Waals surface area contributed by atoms with Gasteiger partial charge in [-0.25, -0.2) is 14.6 Å². The van der Waals surface area contributed by atoms with Gasteiger partial charge in [0.2, 0.25) is 0 Å². The Labute approximate surface area is 202 Å². The highest BCUT2D eigenvalue weighted by atomic mass is 35.5. The second kappa shape index (κ2) is 11.3. The van der Waals surface area contributed by atoms with Gasteiger partial charge in [0, 0.05) is 16.3 Å². The number of thiophene rings is 1. The highest BCUT2D eigenvalue weighted by Crippen LogP contribution is 2.32. The van der Waals surface area contributed by atoms with Gasteiger partial charge in [-0.15, -0.1) is 11.3 Å². The molecule has 0 saturated carbocycles. The van der Waals surface area contributed by atoms with Crippen molar-refractivity contribution < 1.29 is 19.4 Å². The summed E-state index contributed by atoms with van der Waals surface area (Å²) in [6, 6.07) is 8.54. The third kappa shape index (κ3) is 5.72. The molecule has 1 aromatic carbocycles. The number of carbonyl (C=O) groups excluding carboxylic acids is 1. The summed E-state index contributed by atoms with van der Waals surface area (Å²) < 4.78 is 7.41. The highest BCUT2D eigenvalue weighted by Gasteiger charge is 2.22. The molecule has 3 rings (SSSR count). The third-order valence-corrected chi connectivity index (χ3v) is 6.57. The van der Waals surface area contributed by atoms with Gasteiger partial charge in [-0.2, -0.15) is 0 Å². The van der Waals surface area contributed by atoms with E-state index in [0.29, 0.717) is 17.1 Å². The third-order valence-electron chi connectivity index (χ3n) is 5.33. The van der Waals surface area contributed by atoms with Crippen molar-refractivity contribution in [2.24, 2.45) is 0 Å². The Bertz CT molecular complexity index is 1170. The lowest BCUT2D eigenvalue weighted by molar-refractivity contribution is -0.136. The Morgan fingerprint density at radius 3 is 2.64 bits per heavy atom. The van der Waals surface area contributed by atoms with Crippen molar-refractivity contribution in [3.8, 4) is 0 Å². The van der Waals surface area contributed by atoms with Crippen LogP contribution in [0.1, 0.15) is 65.9 Å². The van der Waals surface area contributed by atoms with Gasteiger partial charge < -0.3 is 14.4 Å². The number of carboxylic acids is 1. The average molecular weight is 487 g/mol. The number of hydrogen-bond acceptors (Lipinski definition) is 5. The summed E-state index contributed by atoms with van der Waals surface area (Å²) in [7, 11) is 0. The first kappa shape index (κ1) is 24.7. The van der Waals surface area contributed by atoms with E-state index in [1.54, 1.807) is 25.3 Å². The summed E-state index contributed by atoms with van der Waals surface area (Å²) in [5, 5.41) is 11.5. The molecule has 0 fully saturated rings. The van der Waals surface area contributed by atoms with Gasteiger partial charge >= 0.3 is 11.9 Å². The van der Waals surface area contributed by atoms with Gasteiger partial charge in [0.15, 0.2) is 0 Å². The number of aromatic carboxylic acids is 1. The number of aryl methyl sites for hydroxylation is 1. The van der Waals surface area contributed by atoms with Crippen LogP contribution in [-0.2, 0) is 22.5 Å². The quantitative estimate of drug-likeness (QED) is 0.273. The van der Waals surface area contributed by atoms with E-state index in [-0.39, 0.29) is 18.1 Å². The Balaban J connectivity index is 2.12. The Hall–Kier alpha value is -2.90. The molecule has 2 aromatic heterocycles. The van der Waals surface area contributed by atoms with Crippen molar-refractivity contribution in [3.05, 3.63) is 74.5 Å². The molecule has 0 radical (unpaired) electrons. The van der Waals surface area contributed by atoms with E-state index in [1.165, 1.54) is 17.4 Å². The summed E-state index contributed by atoms with van der Waals surface area (Å²) in [5.74, 6) is -0.507. The molecular formula is C25H27ClN2O4S. The number of carboxylic acid groups (broad SMARTS) is 1. The summed E-state index contributed by atoms with van der Waals surface area (Å²) in [6.07, 6.45) is 4.56. The van der Waals surface area contributed by atoms with Crippen LogP contribution in [0.2, 0.25) is 5.02 Å².